The number of morpholine rings is 1. The summed E-state index contributed by atoms with van der Waals surface area (Å²) in [5, 5.41) is 3.35. The smallest absolute Gasteiger partial charge is 0.255 e. The van der Waals surface area contributed by atoms with Gasteiger partial charge in [-0.05, 0) is 37.1 Å². The highest BCUT2D eigenvalue weighted by molar-refractivity contribution is 5.99. The van der Waals surface area contributed by atoms with Crippen molar-refractivity contribution in [1.82, 2.24) is 15.2 Å². The first-order valence-electron chi connectivity index (χ1n) is 14.8. The lowest BCUT2D eigenvalue weighted by molar-refractivity contribution is -0.0837. The molecule has 1 saturated carbocycles. The maximum absolute atomic E-state index is 13.9. The molecule has 1 N–H and O–H groups in total. The van der Waals surface area contributed by atoms with Crippen molar-refractivity contribution in [2.24, 2.45) is 0 Å². The zero-order valence-electron chi connectivity index (χ0n) is 24.0. The number of nitrogens with one attached hydrogen (secondary N) is 1. The third kappa shape index (κ3) is 6.77. The second-order valence-electron chi connectivity index (χ2n) is 11.1. The maximum Gasteiger partial charge on any atom is 0.255 e. The van der Waals surface area contributed by atoms with Gasteiger partial charge in [-0.25, -0.2) is 4.98 Å². The molecule has 0 radical (unpaired) electrons. The van der Waals surface area contributed by atoms with Gasteiger partial charge in [-0.2, -0.15) is 0 Å². The molecule has 2 aliphatic heterocycles. The zero-order valence-corrected chi connectivity index (χ0v) is 24.0. The summed E-state index contributed by atoms with van der Waals surface area (Å²) in [6.45, 7) is 6.26. The second-order valence-corrected chi connectivity index (χ2v) is 11.1. The normalized spacial score (nSPS) is 21.8. The molecule has 1 aliphatic carbocycles. The Kier molecular flexibility index (Phi) is 9.91. The molecule has 3 fully saturated rings. The summed E-state index contributed by atoms with van der Waals surface area (Å²) in [4.78, 5) is 23.5. The van der Waals surface area contributed by atoms with E-state index in [9.17, 15) is 4.79 Å². The number of pyridine rings is 1. The Morgan fingerprint density at radius 2 is 1.82 bits per heavy atom. The van der Waals surface area contributed by atoms with Crippen LogP contribution in [0.15, 0.2) is 36.4 Å². The molecule has 9 heteroatoms. The van der Waals surface area contributed by atoms with Crippen LogP contribution < -0.4 is 15.0 Å². The predicted molar refractivity (Wildman–Crippen MR) is 155 cm³/mol. The molecular formula is C31H44N4O5. The SMILES string of the molecule is COc1ccccc1-c1ccc(C(=O)NCC2(N3CCOCC3)CCCCCC2)c(N(C)C[C@@H]2COCCO2)n1. The number of nitrogens with zero attached hydrogens (tertiary/aromatic N) is 3. The van der Waals surface area contributed by atoms with Crippen LogP contribution >= 0.6 is 0 Å². The third-order valence-corrected chi connectivity index (χ3v) is 8.52. The minimum absolute atomic E-state index is 0.0277. The largest absolute Gasteiger partial charge is 0.496 e. The van der Waals surface area contributed by atoms with Gasteiger partial charge in [0.25, 0.3) is 5.91 Å². The summed E-state index contributed by atoms with van der Waals surface area (Å²) in [7, 11) is 3.62. The molecule has 3 aliphatic rings. The van der Waals surface area contributed by atoms with Crippen LogP contribution in [0.3, 0.4) is 0 Å². The van der Waals surface area contributed by atoms with Crippen LogP contribution in [0.4, 0.5) is 5.82 Å². The van der Waals surface area contributed by atoms with Crippen molar-refractivity contribution in [1.29, 1.82) is 0 Å². The van der Waals surface area contributed by atoms with Gasteiger partial charge in [-0.3, -0.25) is 9.69 Å². The Labute approximate surface area is 238 Å². The first-order chi connectivity index (χ1) is 19.6. The van der Waals surface area contributed by atoms with E-state index >= 15 is 0 Å². The summed E-state index contributed by atoms with van der Waals surface area (Å²) in [6, 6.07) is 11.6. The van der Waals surface area contributed by atoms with E-state index in [2.05, 4.69) is 10.2 Å². The fraction of sp³-hybridized carbons (Fsp3) is 0.613. The van der Waals surface area contributed by atoms with Crippen molar-refractivity contribution < 1.29 is 23.7 Å². The highest BCUT2D eigenvalue weighted by Crippen LogP contribution is 2.34. The molecule has 2 aromatic rings. The van der Waals surface area contributed by atoms with Gasteiger partial charge in [-0.15, -0.1) is 0 Å². The monoisotopic (exact) mass is 552 g/mol. The number of carbonyl (C=O) groups excluding carboxylic acids is 1. The van der Waals surface area contributed by atoms with Crippen molar-refractivity contribution in [2.75, 3.05) is 78.3 Å². The van der Waals surface area contributed by atoms with E-state index in [1.807, 2.05) is 48.3 Å². The molecule has 0 spiro atoms. The van der Waals surface area contributed by atoms with Crippen molar-refractivity contribution in [3.63, 3.8) is 0 Å². The number of likely N-dealkylation sites (N-methyl/N-ethyl adjacent to an activating group) is 1. The van der Waals surface area contributed by atoms with Crippen LogP contribution in [0.1, 0.15) is 48.9 Å². The summed E-state index contributed by atoms with van der Waals surface area (Å²) in [5.41, 5.74) is 2.17. The van der Waals surface area contributed by atoms with Crippen LogP contribution in [0.5, 0.6) is 5.75 Å². The lowest BCUT2D eigenvalue weighted by atomic mass is 9.87. The van der Waals surface area contributed by atoms with Crippen LogP contribution in [-0.4, -0.2) is 101 Å². The van der Waals surface area contributed by atoms with E-state index in [0.29, 0.717) is 44.3 Å². The third-order valence-electron chi connectivity index (χ3n) is 8.52. The van der Waals surface area contributed by atoms with Crippen LogP contribution in [-0.2, 0) is 14.2 Å². The molecular weight excluding hydrogens is 508 g/mol. The summed E-state index contributed by atoms with van der Waals surface area (Å²) >= 11 is 0. The van der Waals surface area contributed by atoms with Gasteiger partial charge in [0.15, 0.2) is 0 Å². The molecule has 9 nitrogen and oxygen atoms in total. The van der Waals surface area contributed by atoms with Crippen LogP contribution in [0, 0.1) is 0 Å². The van der Waals surface area contributed by atoms with Gasteiger partial charge in [0.1, 0.15) is 11.6 Å². The van der Waals surface area contributed by atoms with E-state index in [1.165, 1.54) is 25.7 Å². The van der Waals surface area contributed by atoms with Crippen molar-refractivity contribution >= 4 is 11.7 Å². The van der Waals surface area contributed by atoms with E-state index in [0.717, 1.165) is 56.2 Å². The number of methoxy groups -OCH3 is 1. The first-order valence-corrected chi connectivity index (χ1v) is 14.8. The number of carbonyl (C=O) groups is 1. The van der Waals surface area contributed by atoms with Crippen LogP contribution in [0.2, 0.25) is 0 Å². The maximum atomic E-state index is 13.9. The van der Waals surface area contributed by atoms with E-state index in [-0.39, 0.29) is 17.6 Å². The molecule has 218 valence electrons. The number of rotatable bonds is 9. The van der Waals surface area contributed by atoms with Gasteiger partial charge in [-0.1, -0.05) is 37.8 Å². The number of benzene rings is 1. The number of para-hydroxylation sites is 1. The van der Waals surface area contributed by atoms with E-state index < -0.39 is 0 Å². The fourth-order valence-electron chi connectivity index (χ4n) is 6.33. The molecule has 0 unspecified atom stereocenters. The second kappa shape index (κ2) is 13.8. The van der Waals surface area contributed by atoms with Gasteiger partial charge < -0.3 is 29.2 Å². The minimum atomic E-state index is -0.0985. The molecule has 0 bridgehead atoms. The Morgan fingerprint density at radius 3 is 2.55 bits per heavy atom. The average molecular weight is 553 g/mol. The first kappa shape index (κ1) is 28.8. The molecule has 1 aromatic carbocycles. The van der Waals surface area contributed by atoms with E-state index in [4.69, 9.17) is 23.9 Å². The standard InChI is InChI=1S/C31H44N4O5/c1-34(21-24-22-39-19-20-40-24)29-26(11-12-27(33-29)25-9-5-6-10-28(25)37-2)30(36)32-23-31(13-7-3-4-8-14-31)35-15-17-38-18-16-35/h5-6,9-12,24H,3-4,7-8,13-23H2,1-2H3,(H,32,36)/t24-/m1/s1. The minimum Gasteiger partial charge on any atom is -0.496 e. The molecule has 5 rings (SSSR count). The molecule has 1 amide bonds. The topological polar surface area (TPSA) is 85.4 Å². The number of hydrogen-bond acceptors (Lipinski definition) is 8. The molecule has 1 atom stereocenters. The van der Waals surface area contributed by atoms with Crippen LogP contribution in [0.25, 0.3) is 11.3 Å². The van der Waals surface area contributed by atoms with Crippen molar-refractivity contribution in [2.45, 2.75) is 50.2 Å². The summed E-state index contributed by atoms with van der Waals surface area (Å²) in [6.07, 6.45) is 7.03. The summed E-state index contributed by atoms with van der Waals surface area (Å²) < 4.78 is 22.8. The van der Waals surface area contributed by atoms with Gasteiger partial charge in [0.2, 0.25) is 0 Å². The molecule has 3 heterocycles. The Bertz CT molecular complexity index is 1110. The summed E-state index contributed by atoms with van der Waals surface area (Å²) in [5.74, 6) is 1.26. The molecule has 2 saturated heterocycles. The predicted octanol–water partition coefficient (Wildman–Crippen LogP) is 3.76. The number of hydrogen-bond donors (Lipinski definition) is 1. The lowest BCUT2D eigenvalue weighted by Gasteiger charge is -2.45. The van der Waals surface area contributed by atoms with Gasteiger partial charge >= 0.3 is 0 Å². The lowest BCUT2D eigenvalue weighted by Crippen LogP contribution is -2.58. The van der Waals surface area contributed by atoms with Gasteiger partial charge in [0.05, 0.1) is 57.5 Å². The highest BCUT2D eigenvalue weighted by atomic mass is 16.6. The van der Waals surface area contributed by atoms with E-state index in [1.54, 1.807) is 7.11 Å². The average Bonchev–Trinajstić information content (AvgIpc) is 3.27. The zero-order chi connectivity index (χ0) is 27.8. The molecule has 40 heavy (non-hydrogen) atoms. The Balaban J connectivity index is 1.41. The highest BCUT2D eigenvalue weighted by Gasteiger charge is 2.38. The van der Waals surface area contributed by atoms with Gasteiger partial charge in [0, 0.05) is 44.3 Å². The number of amides is 1. The Morgan fingerprint density at radius 1 is 1.05 bits per heavy atom. The molecule has 1 aromatic heterocycles. The Hall–Kier alpha value is -2.72. The number of ether oxygens (including phenoxy) is 4. The quantitative estimate of drug-likeness (QED) is 0.471. The van der Waals surface area contributed by atoms with Crippen molar-refractivity contribution in [3.05, 3.63) is 42.0 Å². The fourth-order valence-corrected chi connectivity index (χ4v) is 6.33. The van der Waals surface area contributed by atoms with Crippen molar-refractivity contribution in [3.8, 4) is 17.0 Å². The number of anilines is 1. The number of aromatic nitrogens is 1.